The number of aromatic nitrogens is 3. The second-order valence-corrected chi connectivity index (χ2v) is 6.16. The van der Waals surface area contributed by atoms with Crippen molar-refractivity contribution in [2.75, 3.05) is 5.43 Å². The second kappa shape index (κ2) is 5.72. The number of hydrogen-bond donors (Lipinski definition) is 1. The highest BCUT2D eigenvalue weighted by molar-refractivity contribution is 6.31. The largest absolute Gasteiger partial charge is 0.280 e. The summed E-state index contributed by atoms with van der Waals surface area (Å²) in [6.07, 6.45) is 4.95. The number of amides is 1. The molecular weight excluding hydrogens is 328 g/mol. The zero-order valence-corrected chi connectivity index (χ0v) is 13.3. The third-order valence-corrected chi connectivity index (χ3v) is 4.19. The maximum Gasteiger partial charge on any atom is 0.280 e. The predicted molar refractivity (Wildman–Crippen MR) is 90.9 cm³/mol. The Bertz CT molecular complexity index is 997. The molecule has 0 aliphatic heterocycles. The molecule has 4 rings (SSSR count). The molecule has 7 heteroatoms. The van der Waals surface area contributed by atoms with Crippen molar-refractivity contribution in [1.29, 1.82) is 0 Å². The lowest BCUT2D eigenvalue weighted by molar-refractivity contribution is 0.101. The molecule has 120 valence electrons. The topological polar surface area (TPSA) is 76.9 Å². The molecule has 24 heavy (non-hydrogen) atoms. The molecule has 2 heterocycles. The lowest BCUT2D eigenvalue weighted by atomic mass is 10.2. The van der Waals surface area contributed by atoms with Crippen LogP contribution in [0.5, 0.6) is 0 Å². The van der Waals surface area contributed by atoms with Crippen LogP contribution in [-0.2, 0) is 0 Å². The SMILES string of the molecule is O=C(Nn1c(C2CC2)nc2cc(Cl)ccc2c1=O)c1ccncc1. The van der Waals surface area contributed by atoms with Gasteiger partial charge in [0.1, 0.15) is 5.82 Å². The van der Waals surface area contributed by atoms with E-state index in [1.165, 1.54) is 17.1 Å². The summed E-state index contributed by atoms with van der Waals surface area (Å²) in [6, 6.07) is 8.10. The first-order chi connectivity index (χ1) is 11.6. The number of hydrogen-bond acceptors (Lipinski definition) is 4. The van der Waals surface area contributed by atoms with Crippen LogP contribution in [0.3, 0.4) is 0 Å². The summed E-state index contributed by atoms with van der Waals surface area (Å²) >= 11 is 6.00. The Morgan fingerprint density at radius 3 is 2.67 bits per heavy atom. The summed E-state index contributed by atoms with van der Waals surface area (Å²) < 4.78 is 1.26. The molecule has 3 aromatic rings. The van der Waals surface area contributed by atoms with Gasteiger partial charge in [-0.1, -0.05) is 11.6 Å². The smallest absolute Gasteiger partial charge is 0.267 e. The molecule has 0 saturated heterocycles. The van der Waals surface area contributed by atoms with E-state index in [0.717, 1.165) is 12.8 Å². The van der Waals surface area contributed by atoms with Gasteiger partial charge in [-0.2, -0.15) is 0 Å². The molecule has 1 aromatic carbocycles. The number of fused-ring (bicyclic) bond motifs is 1. The average Bonchev–Trinajstić information content (AvgIpc) is 3.42. The lowest BCUT2D eigenvalue weighted by Gasteiger charge is -2.14. The molecule has 0 unspecified atom stereocenters. The van der Waals surface area contributed by atoms with E-state index in [0.29, 0.717) is 27.3 Å². The van der Waals surface area contributed by atoms with Crippen LogP contribution in [0.25, 0.3) is 10.9 Å². The molecule has 1 N–H and O–H groups in total. The molecule has 0 spiro atoms. The van der Waals surface area contributed by atoms with E-state index < -0.39 is 0 Å². The molecule has 1 aliphatic rings. The van der Waals surface area contributed by atoms with Crippen molar-refractivity contribution in [3.63, 3.8) is 0 Å². The van der Waals surface area contributed by atoms with Crippen LogP contribution in [0.15, 0.2) is 47.5 Å². The van der Waals surface area contributed by atoms with Gasteiger partial charge >= 0.3 is 0 Å². The average molecular weight is 341 g/mol. The second-order valence-electron chi connectivity index (χ2n) is 5.72. The maximum atomic E-state index is 12.8. The van der Waals surface area contributed by atoms with Crippen LogP contribution in [-0.4, -0.2) is 20.6 Å². The molecule has 0 atom stereocenters. The van der Waals surface area contributed by atoms with E-state index in [-0.39, 0.29) is 17.4 Å². The van der Waals surface area contributed by atoms with E-state index in [2.05, 4.69) is 15.4 Å². The standard InChI is InChI=1S/C17H13ClN4O2/c18-12-3-4-13-14(9-12)20-15(10-1-2-10)22(17(13)24)21-16(23)11-5-7-19-8-6-11/h3-10H,1-2H2,(H,21,23). The molecule has 1 aliphatic carbocycles. The summed E-state index contributed by atoms with van der Waals surface area (Å²) in [5, 5.41) is 0.938. The van der Waals surface area contributed by atoms with Gasteiger partial charge in [0.15, 0.2) is 0 Å². The molecule has 6 nitrogen and oxygen atoms in total. The minimum atomic E-state index is -0.378. The maximum absolute atomic E-state index is 12.8. The first kappa shape index (κ1) is 14.8. The number of nitrogens with zero attached hydrogens (tertiary/aromatic N) is 3. The van der Waals surface area contributed by atoms with E-state index >= 15 is 0 Å². The monoisotopic (exact) mass is 340 g/mol. The van der Waals surface area contributed by atoms with Gasteiger partial charge in [0.25, 0.3) is 11.5 Å². The fraction of sp³-hybridized carbons (Fsp3) is 0.176. The number of halogens is 1. The molecule has 2 aromatic heterocycles. The third-order valence-electron chi connectivity index (χ3n) is 3.96. The van der Waals surface area contributed by atoms with Gasteiger partial charge in [0.2, 0.25) is 0 Å². The highest BCUT2D eigenvalue weighted by Crippen LogP contribution is 2.38. The van der Waals surface area contributed by atoms with E-state index in [4.69, 9.17) is 11.6 Å². The molecular formula is C17H13ClN4O2. The minimum Gasteiger partial charge on any atom is -0.267 e. The molecule has 1 amide bonds. The number of rotatable bonds is 3. The Morgan fingerprint density at radius 1 is 1.21 bits per heavy atom. The number of carbonyl (C=O) groups excluding carboxylic acids is 1. The molecule has 1 fully saturated rings. The van der Waals surface area contributed by atoms with Crippen molar-refractivity contribution < 1.29 is 4.79 Å². The predicted octanol–water partition coefficient (Wildman–Crippen LogP) is 2.71. The number of carbonyl (C=O) groups is 1. The number of nitrogens with one attached hydrogen (secondary N) is 1. The normalized spacial score (nSPS) is 13.9. The molecule has 0 bridgehead atoms. The zero-order chi connectivity index (χ0) is 16.7. The zero-order valence-electron chi connectivity index (χ0n) is 12.6. The van der Waals surface area contributed by atoms with Gasteiger partial charge in [-0.05, 0) is 43.2 Å². The summed E-state index contributed by atoms with van der Waals surface area (Å²) in [5.74, 6) is 0.368. The molecule has 1 saturated carbocycles. The Hall–Kier alpha value is -2.73. The fourth-order valence-corrected chi connectivity index (χ4v) is 2.74. The summed E-state index contributed by atoms with van der Waals surface area (Å²) in [7, 11) is 0. The third kappa shape index (κ3) is 2.65. The summed E-state index contributed by atoms with van der Waals surface area (Å²) in [4.78, 5) is 33.7. The van der Waals surface area contributed by atoms with E-state index in [1.54, 1.807) is 30.3 Å². The number of pyridine rings is 1. The quantitative estimate of drug-likeness (QED) is 0.795. The van der Waals surface area contributed by atoms with Crippen LogP contribution < -0.4 is 11.0 Å². The van der Waals surface area contributed by atoms with Gasteiger partial charge in [0, 0.05) is 28.9 Å². The van der Waals surface area contributed by atoms with Crippen molar-refractivity contribution in [2.24, 2.45) is 0 Å². The first-order valence-electron chi connectivity index (χ1n) is 7.57. The number of benzene rings is 1. The van der Waals surface area contributed by atoms with Crippen LogP contribution in [0.2, 0.25) is 5.02 Å². The van der Waals surface area contributed by atoms with Crippen LogP contribution in [0.1, 0.15) is 34.9 Å². The van der Waals surface area contributed by atoms with Gasteiger partial charge in [-0.25, -0.2) is 9.66 Å². The van der Waals surface area contributed by atoms with Crippen LogP contribution in [0, 0.1) is 0 Å². The Labute approximate surface area is 142 Å². The minimum absolute atomic E-state index is 0.179. The van der Waals surface area contributed by atoms with Crippen molar-refractivity contribution in [2.45, 2.75) is 18.8 Å². The van der Waals surface area contributed by atoms with Crippen LogP contribution >= 0.6 is 11.6 Å². The van der Waals surface area contributed by atoms with Crippen molar-refractivity contribution >= 4 is 28.4 Å². The van der Waals surface area contributed by atoms with E-state index in [1.807, 2.05) is 0 Å². The van der Waals surface area contributed by atoms with Gasteiger partial charge in [-0.15, -0.1) is 0 Å². The van der Waals surface area contributed by atoms with Crippen molar-refractivity contribution in [3.05, 3.63) is 69.5 Å². The highest BCUT2D eigenvalue weighted by atomic mass is 35.5. The highest BCUT2D eigenvalue weighted by Gasteiger charge is 2.30. The Kier molecular flexibility index (Phi) is 3.54. The lowest BCUT2D eigenvalue weighted by Crippen LogP contribution is -2.36. The van der Waals surface area contributed by atoms with Gasteiger partial charge < -0.3 is 0 Å². The Balaban J connectivity index is 1.83. The first-order valence-corrected chi connectivity index (χ1v) is 7.95. The van der Waals surface area contributed by atoms with Crippen molar-refractivity contribution in [1.82, 2.24) is 14.6 Å². The molecule has 0 radical (unpaired) electrons. The summed E-state index contributed by atoms with van der Waals surface area (Å²) in [5.41, 5.74) is 3.33. The Morgan fingerprint density at radius 2 is 1.96 bits per heavy atom. The van der Waals surface area contributed by atoms with Gasteiger partial charge in [-0.3, -0.25) is 20.0 Å². The van der Waals surface area contributed by atoms with Crippen molar-refractivity contribution in [3.8, 4) is 0 Å². The van der Waals surface area contributed by atoms with Gasteiger partial charge in [0.05, 0.1) is 10.9 Å². The summed E-state index contributed by atoms with van der Waals surface area (Å²) in [6.45, 7) is 0. The van der Waals surface area contributed by atoms with E-state index in [9.17, 15) is 9.59 Å². The van der Waals surface area contributed by atoms with Crippen LogP contribution in [0.4, 0.5) is 0 Å². The fourth-order valence-electron chi connectivity index (χ4n) is 2.57.